The number of nitrogens with zero attached hydrogens (tertiary/aromatic N) is 5. The van der Waals surface area contributed by atoms with Gasteiger partial charge in [-0.05, 0) is 32.6 Å². The third kappa shape index (κ3) is 5.44. The normalized spacial score (nSPS) is 17.3. The van der Waals surface area contributed by atoms with Gasteiger partial charge >= 0.3 is 0 Å². The highest BCUT2D eigenvalue weighted by molar-refractivity contribution is 7.89. The van der Waals surface area contributed by atoms with Gasteiger partial charge in [0.15, 0.2) is 5.69 Å². The fourth-order valence-corrected chi connectivity index (χ4v) is 5.41. The minimum Gasteiger partial charge on any atom is -0.350 e. The van der Waals surface area contributed by atoms with Gasteiger partial charge in [0, 0.05) is 39.4 Å². The molecule has 1 saturated heterocycles. The fraction of sp³-hybridized carbons (Fsp3) is 0.619. The molecule has 1 fully saturated rings. The Bertz CT molecular complexity index is 1120. The van der Waals surface area contributed by atoms with E-state index in [-0.39, 0.29) is 34.9 Å². The smallest absolute Gasteiger partial charge is 0.273 e. The predicted octanol–water partition coefficient (Wildman–Crippen LogP) is 1.37. The molecule has 2 N–H and O–H groups in total. The summed E-state index contributed by atoms with van der Waals surface area (Å²) >= 11 is 0. The van der Waals surface area contributed by atoms with Crippen molar-refractivity contribution in [3.63, 3.8) is 0 Å². The van der Waals surface area contributed by atoms with E-state index in [1.807, 2.05) is 20.8 Å². The largest absolute Gasteiger partial charge is 0.350 e. The first-order chi connectivity index (χ1) is 15.5. The Morgan fingerprint density at radius 2 is 2.03 bits per heavy atom. The monoisotopic (exact) mass is 479 g/mol. The highest BCUT2D eigenvalue weighted by Crippen LogP contribution is 2.26. The number of aryl methyl sites for hydroxylation is 2. The molecule has 2 aromatic rings. The van der Waals surface area contributed by atoms with E-state index in [1.54, 1.807) is 24.9 Å². The summed E-state index contributed by atoms with van der Waals surface area (Å²) in [6.45, 7) is 9.02. The van der Waals surface area contributed by atoms with Gasteiger partial charge in [-0.3, -0.25) is 19.0 Å². The zero-order valence-corrected chi connectivity index (χ0v) is 20.6. The maximum atomic E-state index is 13.1. The lowest BCUT2D eigenvalue weighted by Gasteiger charge is -2.31. The molecule has 3 heterocycles. The van der Waals surface area contributed by atoms with E-state index in [9.17, 15) is 18.0 Å². The second kappa shape index (κ2) is 10.0. The van der Waals surface area contributed by atoms with Crippen LogP contribution in [0.1, 0.15) is 49.8 Å². The molecule has 33 heavy (non-hydrogen) atoms. The van der Waals surface area contributed by atoms with E-state index in [2.05, 4.69) is 20.8 Å². The zero-order valence-electron chi connectivity index (χ0n) is 19.8. The zero-order chi connectivity index (χ0) is 24.3. The summed E-state index contributed by atoms with van der Waals surface area (Å²) in [5.41, 5.74) is 1.02. The Hall–Kier alpha value is -2.73. The van der Waals surface area contributed by atoms with Crippen molar-refractivity contribution in [1.29, 1.82) is 0 Å². The molecule has 182 valence electrons. The van der Waals surface area contributed by atoms with Crippen LogP contribution in [-0.2, 0) is 28.4 Å². The van der Waals surface area contributed by atoms with E-state index in [0.717, 1.165) is 0 Å². The molecule has 3 rings (SSSR count). The standard InChI is InChI=1S/C21H33N7O4S/c1-6-27-13-17(19(25-27)21(30)22-10-14(2)3)24-20(29)16-8-7-9-28(12-16)33(31,32)18-11-23-26(5)15(18)4/h11,13-14,16H,6-10,12H2,1-5H3,(H,22,30)(H,24,29). The van der Waals surface area contributed by atoms with Crippen molar-refractivity contribution < 1.29 is 18.0 Å². The van der Waals surface area contributed by atoms with E-state index >= 15 is 0 Å². The number of anilines is 1. The van der Waals surface area contributed by atoms with E-state index in [1.165, 1.54) is 15.2 Å². The SMILES string of the molecule is CCn1cc(NC(=O)C2CCCN(S(=O)(=O)c3cnn(C)c3C)C2)c(C(=O)NCC(C)C)n1. The van der Waals surface area contributed by atoms with Gasteiger partial charge in [-0.15, -0.1) is 0 Å². The van der Waals surface area contributed by atoms with Crippen LogP contribution >= 0.6 is 0 Å². The van der Waals surface area contributed by atoms with Gasteiger partial charge in [-0.2, -0.15) is 14.5 Å². The maximum Gasteiger partial charge on any atom is 0.273 e. The van der Waals surface area contributed by atoms with Crippen molar-refractivity contribution >= 4 is 27.5 Å². The highest BCUT2D eigenvalue weighted by Gasteiger charge is 2.35. The maximum absolute atomic E-state index is 13.1. The van der Waals surface area contributed by atoms with Gasteiger partial charge in [0.2, 0.25) is 15.9 Å². The van der Waals surface area contributed by atoms with Crippen LogP contribution in [0.3, 0.4) is 0 Å². The molecule has 0 aromatic carbocycles. The van der Waals surface area contributed by atoms with Crippen LogP contribution in [0.5, 0.6) is 0 Å². The quantitative estimate of drug-likeness (QED) is 0.588. The number of hydrogen-bond donors (Lipinski definition) is 2. The molecule has 12 heteroatoms. The lowest BCUT2D eigenvalue weighted by Crippen LogP contribution is -2.43. The Kier molecular flexibility index (Phi) is 7.58. The Balaban J connectivity index is 1.75. The molecule has 1 aliphatic heterocycles. The fourth-order valence-electron chi connectivity index (χ4n) is 3.70. The van der Waals surface area contributed by atoms with Crippen LogP contribution in [0.15, 0.2) is 17.3 Å². The van der Waals surface area contributed by atoms with Gasteiger partial charge in [-0.1, -0.05) is 13.8 Å². The van der Waals surface area contributed by atoms with Gasteiger partial charge < -0.3 is 10.6 Å². The van der Waals surface area contributed by atoms with Crippen molar-refractivity contribution in [2.24, 2.45) is 18.9 Å². The van der Waals surface area contributed by atoms with Crippen LogP contribution in [0.25, 0.3) is 0 Å². The molecule has 1 unspecified atom stereocenters. The first-order valence-corrected chi connectivity index (χ1v) is 12.6. The lowest BCUT2D eigenvalue weighted by atomic mass is 9.99. The molecule has 0 saturated carbocycles. The molecular weight excluding hydrogens is 446 g/mol. The Morgan fingerprint density at radius 3 is 2.64 bits per heavy atom. The average molecular weight is 480 g/mol. The number of piperidine rings is 1. The van der Waals surface area contributed by atoms with Gasteiger partial charge in [0.05, 0.1) is 23.5 Å². The molecule has 0 spiro atoms. The van der Waals surface area contributed by atoms with Crippen molar-refractivity contribution in [2.45, 2.75) is 52.0 Å². The lowest BCUT2D eigenvalue weighted by molar-refractivity contribution is -0.120. The number of carbonyl (C=O) groups excluding carboxylic acids is 2. The Morgan fingerprint density at radius 1 is 1.30 bits per heavy atom. The number of aromatic nitrogens is 4. The summed E-state index contributed by atoms with van der Waals surface area (Å²) < 4.78 is 30.7. The predicted molar refractivity (Wildman–Crippen MR) is 123 cm³/mol. The first-order valence-electron chi connectivity index (χ1n) is 11.2. The van der Waals surface area contributed by atoms with Gasteiger partial charge in [-0.25, -0.2) is 8.42 Å². The first kappa shape index (κ1) is 24.9. The van der Waals surface area contributed by atoms with Crippen LogP contribution in [0.4, 0.5) is 5.69 Å². The number of hydrogen-bond acceptors (Lipinski definition) is 6. The van der Waals surface area contributed by atoms with Crippen LogP contribution in [0, 0.1) is 18.8 Å². The molecule has 1 atom stereocenters. The molecular formula is C21H33N7O4S. The second-order valence-corrected chi connectivity index (χ2v) is 10.7. The molecule has 0 aliphatic carbocycles. The summed E-state index contributed by atoms with van der Waals surface area (Å²) in [5, 5.41) is 13.9. The third-order valence-corrected chi connectivity index (χ3v) is 7.76. The summed E-state index contributed by atoms with van der Waals surface area (Å²) in [6, 6.07) is 0. The number of amides is 2. The number of nitrogens with one attached hydrogen (secondary N) is 2. The third-order valence-electron chi connectivity index (χ3n) is 5.79. The Labute approximate surface area is 194 Å². The second-order valence-electron chi connectivity index (χ2n) is 8.76. The topological polar surface area (TPSA) is 131 Å². The average Bonchev–Trinajstić information content (AvgIpc) is 3.35. The molecule has 2 aromatic heterocycles. The molecule has 11 nitrogen and oxygen atoms in total. The number of carbonyl (C=O) groups is 2. The van der Waals surface area contributed by atoms with Gasteiger partial charge in [0.1, 0.15) is 4.90 Å². The molecule has 1 aliphatic rings. The summed E-state index contributed by atoms with van der Waals surface area (Å²) in [7, 11) is -2.07. The molecule has 2 amide bonds. The number of sulfonamides is 1. The molecule has 0 bridgehead atoms. The van der Waals surface area contributed by atoms with Crippen molar-refractivity contribution in [3.05, 3.63) is 23.8 Å². The van der Waals surface area contributed by atoms with Crippen molar-refractivity contribution in [2.75, 3.05) is 25.0 Å². The summed E-state index contributed by atoms with van der Waals surface area (Å²) in [4.78, 5) is 25.8. The summed E-state index contributed by atoms with van der Waals surface area (Å²) in [5.74, 6) is -0.946. The minimum absolute atomic E-state index is 0.0687. The summed E-state index contributed by atoms with van der Waals surface area (Å²) in [6.07, 6.45) is 4.08. The van der Waals surface area contributed by atoms with Crippen molar-refractivity contribution in [3.8, 4) is 0 Å². The molecule has 0 radical (unpaired) electrons. The van der Waals surface area contributed by atoms with Crippen LogP contribution in [0.2, 0.25) is 0 Å². The van der Waals surface area contributed by atoms with E-state index in [4.69, 9.17) is 0 Å². The minimum atomic E-state index is -3.76. The van der Waals surface area contributed by atoms with Gasteiger partial charge in [0.25, 0.3) is 5.91 Å². The van der Waals surface area contributed by atoms with E-state index < -0.39 is 15.9 Å². The highest BCUT2D eigenvalue weighted by atomic mass is 32.2. The van der Waals surface area contributed by atoms with Crippen LogP contribution in [-0.4, -0.2) is 63.7 Å². The van der Waals surface area contributed by atoms with E-state index in [0.29, 0.717) is 43.9 Å². The van der Waals surface area contributed by atoms with Crippen molar-refractivity contribution in [1.82, 2.24) is 29.2 Å². The number of rotatable bonds is 8. The van der Waals surface area contributed by atoms with Crippen LogP contribution < -0.4 is 10.6 Å².